The minimum atomic E-state index is -0.337. The molecule has 2 rings (SSSR count). The third kappa shape index (κ3) is 5.83. The second-order valence-corrected chi connectivity index (χ2v) is 8.00. The third-order valence-electron chi connectivity index (χ3n) is 4.18. The van der Waals surface area contributed by atoms with Gasteiger partial charge in [0.2, 0.25) is 0 Å². The van der Waals surface area contributed by atoms with Gasteiger partial charge >= 0.3 is 0 Å². The van der Waals surface area contributed by atoms with Crippen LogP contribution in [0.15, 0.2) is 23.3 Å². The number of aryl methyl sites for hydroxylation is 2. The molecule has 2 aromatic rings. The minimum absolute atomic E-state index is 0.111. The molecule has 6 nitrogen and oxygen atoms in total. The Bertz CT molecular complexity index is 856. The van der Waals surface area contributed by atoms with Gasteiger partial charge in [-0.3, -0.25) is 9.48 Å². The maximum atomic E-state index is 12.1. The first-order valence-corrected chi connectivity index (χ1v) is 9.85. The number of benzene rings is 1. The van der Waals surface area contributed by atoms with Gasteiger partial charge in [-0.15, -0.1) is 0 Å². The fraction of sp³-hybridized carbons (Fsp3) is 0.476. The van der Waals surface area contributed by atoms with Crippen LogP contribution in [0.3, 0.4) is 0 Å². The molecule has 0 bridgehead atoms. The topological polar surface area (TPSA) is 68.5 Å². The number of nitrogens with one attached hydrogen (secondary N) is 1. The van der Waals surface area contributed by atoms with Gasteiger partial charge in [0.1, 0.15) is 10.9 Å². The highest BCUT2D eigenvalue weighted by Gasteiger charge is 2.13. The molecule has 0 aliphatic rings. The summed E-state index contributed by atoms with van der Waals surface area (Å²) in [5.74, 6) is 1.12. The van der Waals surface area contributed by atoms with Crippen LogP contribution in [0, 0.1) is 19.8 Å². The zero-order valence-corrected chi connectivity index (χ0v) is 18.2. The van der Waals surface area contributed by atoms with E-state index in [0.717, 1.165) is 29.1 Å². The Morgan fingerprint density at radius 2 is 2.04 bits per heavy atom. The van der Waals surface area contributed by atoms with Crippen LogP contribution in [-0.4, -0.2) is 28.5 Å². The number of amides is 1. The molecule has 28 heavy (non-hydrogen) atoms. The van der Waals surface area contributed by atoms with Crippen molar-refractivity contribution in [1.82, 2.24) is 15.2 Å². The van der Waals surface area contributed by atoms with Gasteiger partial charge in [0.05, 0.1) is 17.5 Å². The van der Waals surface area contributed by atoms with E-state index in [1.807, 2.05) is 32.0 Å². The molecule has 0 radical (unpaired) electrons. The SMILES string of the molecule is Cc1ccc(C(C)C)c(OCC(=O)N/N=C\c2c(C)nn(CC(C)C)c2Cl)c1. The molecule has 1 heterocycles. The number of halogens is 1. The Morgan fingerprint density at radius 3 is 2.68 bits per heavy atom. The van der Waals surface area contributed by atoms with Crippen LogP contribution >= 0.6 is 11.6 Å². The number of hydrogen-bond donors (Lipinski definition) is 1. The quantitative estimate of drug-likeness (QED) is 0.521. The lowest BCUT2D eigenvalue weighted by Gasteiger charge is -2.14. The van der Waals surface area contributed by atoms with Crippen LogP contribution in [0.2, 0.25) is 5.15 Å². The molecule has 0 aliphatic carbocycles. The number of carbonyl (C=O) groups is 1. The minimum Gasteiger partial charge on any atom is -0.483 e. The second-order valence-electron chi connectivity index (χ2n) is 7.64. The molecule has 1 amide bonds. The first-order valence-electron chi connectivity index (χ1n) is 9.47. The average Bonchev–Trinajstić information content (AvgIpc) is 2.86. The van der Waals surface area contributed by atoms with Gasteiger partial charge in [0.15, 0.2) is 6.61 Å². The third-order valence-corrected chi connectivity index (χ3v) is 4.58. The van der Waals surface area contributed by atoms with Gasteiger partial charge in [-0.2, -0.15) is 10.2 Å². The van der Waals surface area contributed by atoms with Crippen molar-refractivity contribution in [3.05, 3.63) is 45.7 Å². The van der Waals surface area contributed by atoms with Crippen molar-refractivity contribution in [2.45, 2.75) is 54.0 Å². The average molecular weight is 405 g/mol. The molecule has 0 saturated heterocycles. The normalized spacial score (nSPS) is 11.6. The lowest BCUT2D eigenvalue weighted by molar-refractivity contribution is -0.123. The van der Waals surface area contributed by atoms with Gasteiger partial charge < -0.3 is 4.74 Å². The summed E-state index contributed by atoms with van der Waals surface area (Å²) < 4.78 is 7.46. The predicted molar refractivity (Wildman–Crippen MR) is 113 cm³/mol. The van der Waals surface area contributed by atoms with E-state index in [1.54, 1.807) is 4.68 Å². The van der Waals surface area contributed by atoms with Crippen LogP contribution < -0.4 is 10.2 Å². The first kappa shape index (κ1) is 22.0. The molecule has 0 unspecified atom stereocenters. The fourth-order valence-electron chi connectivity index (χ4n) is 2.77. The highest BCUT2D eigenvalue weighted by molar-refractivity contribution is 6.32. The lowest BCUT2D eigenvalue weighted by Crippen LogP contribution is -2.25. The molecule has 7 heteroatoms. The van der Waals surface area contributed by atoms with E-state index < -0.39 is 0 Å². The van der Waals surface area contributed by atoms with Crippen molar-refractivity contribution < 1.29 is 9.53 Å². The van der Waals surface area contributed by atoms with E-state index >= 15 is 0 Å². The van der Waals surface area contributed by atoms with Crippen LogP contribution in [-0.2, 0) is 11.3 Å². The molecular weight excluding hydrogens is 376 g/mol. The van der Waals surface area contributed by atoms with Crippen molar-refractivity contribution >= 4 is 23.7 Å². The number of nitrogens with zero attached hydrogens (tertiary/aromatic N) is 3. The molecule has 0 fully saturated rings. The summed E-state index contributed by atoms with van der Waals surface area (Å²) in [6, 6.07) is 6.02. The van der Waals surface area contributed by atoms with Crippen molar-refractivity contribution in [2.75, 3.05) is 6.61 Å². The summed E-state index contributed by atoms with van der Waals surface area (Å²) >= 11 is 6.36. The first-order chi connectivity index (χ1) is 13.2. The number of hydrogen-bond acceptors (Lipinski definition) is 4. The summed E-state index contributed by atoms with van der Waals surface area (Å²) in [4.78, 5) is 12.1. The van der Waals surface area contributed by atoms with Crippen LogP contribution in [0.1, 0.15) is 56.0 Å². The van der Waals surface area contributed by atoms with Gasteiger partial charge in [-0.05, 0) is 42.9 Å². The second kappa shape index (κ2) is 9.73. The number of ether oxygens (including phenoxy) is 1. The summed E-state index contributed by atoms with van der Waals surface area (Å²) in [6.45, 7) is 12.8. The number of carbonyl (C=O) groups excluding carboxylic acids is 1. The molecule has 1 aromatic heterocycles. The monoisotopic (exact) mass is 404 g/mol. The molecule has 0 spiro atoms. The molecule has 0 saturated carbocycles. The lowest BCUT2D eigenvalue weighted by atomic mass is 10.0. The highest BCUT2D eigenvalue weighted by Crippen LogP contribution is 2.27. The van der Waals surface area contributed by atoms with Crippen LogP contribution in [0.5, 0.6) is 5.75 Å². The van der Waals surface area contributed by atoms with Crippen molar-refractivity contribution in [3.8, 4) is 5.75 Å². The van der Waals surface area contributed by atoms with E-state index in [-0.39, 0.29) is 12.5 Å². The molecule has 0 atom stereocenters. The maximum absolute atomic E-state index is 12.1. The van der Waals surface area contributed by atoms with Crippen LogP contribution in [0.25, 0.3) is 0 Å². The van der Waals surface area contributed by atoms with Gasteiger partial charge in [0.25, 0.3) is 5.91 Å². The zero-order chi connectivity index (χ0) is 20.8. The van der Waals surface area contributed by atoms with E-state index in [1.165, 1.54) is 6.21 Å². The van der Waals surface area contributed by atoms with E-state index in [4.69, 9.17) is 16.3 Å². The number of aromatic nitrogens is 2. The number of rotatable bonds is 8. The Kier molecular flexibility index (Phi) is 7.63. The van der Waals surface area contributed by atoms with Gasteiger partial charge in [-0.1, -0.05) is 51.4 Å². The fourth-order valence-corrected chi connectivity index (χ4v) is 3.06. The van der Waals surface area contributed by atoms with Gasteiger partial charge in [0, 0.05) is 6.54 Å². The van der Waals surface area contributed by atoms with Crippen molar-refractivity contribution in [2.24, 2.45) is 11.0 Å². The van der Waals surface area contributed by atoms with E-state index in [2.05, 4.69) is 43.3 Å². The molecule has 0 aliphatic heterocycles. The molecular formula is C21H29ClN4O2. The number of hydrazone groups is 1. The summed E-state index contributed by atoms with van der Waals surface area (Å²) in [6.07, 6.45) is 1.52. The van der Waals surface area contributed by atoms with E-state index in [0.29, 0.717) is 22.6 Å². The Hall–Kier alpha value is -2.34. The highest BCUT2D eigenvalue weighted by atomic mass is 35.5. The maximum Gasteiger partial charge on any atom is 0.277 e. The van der Waals surface area contributed by atoms with E-state index in [9.17, 15) is 4.79 Å². The standard InChI is InChI=1S/C21H29ClN4O2/c1-13(2)11-26-21(22)18(16(6)25-26)10-23-24-20(27)12-28-19-9-15(5)7-8-17(19)14(3)4/h7-10,13-14H,11-12H2,1-6H3,(H,24,27)/b23-10-. The molecule has 1 N–H and O–H groups in total. The molecule has 152 valence electrons. The smallest absolute Gasteiger partial charge is 0.277 e. The van der Waals surface area contributed by atoms with Crippen LogP contribution in [0.4, 0.5) is 0 Å². The Balaban J connectivity index is 1.97. The summed E-state index contributed by atoms with van der Waals surface area (Å²) in [5.41, 5.74) is 6.10. The Morgan fingerprint density at radius 1 is 1.32 bits per heavy atom. The van der Waals surface area contributed by atoms with Crippen molar-refractivity contribution in [3.63, 3.8) is 0 Å². The van der Waals surface area contributed by atoms with Gasteiger partial charge in [-0.25, -0.2) is 5.43 Å². The van der Waals surface area contributed by atoms with Crippen molar-refractivity contribution in [1.29, 1.82) is 0 Å². The largest absolute Gasteiger partial charge is 0.483 e. The predicted octanol–water partition coefficient (Wildman–Crippen LogP) is 4.46. The summed E-state index contributed by atoms with van der Waals surface area (Å²) in [7, 11) is 0. The summed E-state index contributed by atoms with van der Waals surface area (Å²) in [5, 5.41) is 8.93. The Labute approximate surface area is 171 Å². The zero-order valence-electron chi connectivity index (χ0n) is 17.4. The molecule has 1 aromatic carbocycles.